The second-order valence-corrected chi connectivity index (χ2v) is 7.40. The van der Waals surface area contributed by atoms with Gasteiger partial charge < -0.3 is 10.6 Å². The van der Waals surface area contributed by atoms with Gasteiger partial charge in [-0.2, -0.15) is 4.98 Å². The average Bonchev–Trinajstić information content (AvgIpc) is 3.02. The van der Waals surface area contributed by atoms with Crippen LogP contribution in [0.1, 0.15) is 11.8 Å². The molecule has 0 aliphatic carbocycles. The monoisotopic (exact) mass is 375 g/mol. The van der Waals surface area contributed by atoms with E-state index < -0.39 is 0 Å². The Labute approximate surface area is 133 Å². The highest BCUT2D eigenvalue weighted by Crippen LogP contribution is 2.23. The maximum Gasteiger partial charge on any atom is 0.233 e. The van der Waals surface area contributed by atoms with E-state index >= 15 is 0 Å². The summed E-state index contributed by atoms with van der Waals surface area (Å²) in [5.41, 5.74) is 5.43. The van der Waals surface area contributed by atoms with E-state index in [0.29, 0.717) is 24.0 Å². The molecule has 0 saturated heterocycles. The number of aromatic nitrogens is 3. The molecule has 0 aromatic carbocycles. The summed E-state index contributed by atoms with van der Waals surface area (Å²) in [6.07, 6.45) is 0. The van der Waals surface area contributed by atoms with E-state index in [1.54, 1.807) is 16.2 Å². The minimum absolute atomic E-state index is 0.0605. The van der Waals surface area contributed by atoms with Crippen molar-refractivity contribution in [1.29, 1.82) is 0 Å². The van der Waals surface area contributed by atoms with Crippen molar-refractivity contribution in [3.8, 4) is 0 Å². The number of rotatable bonds is 6. The number of nitrogens with two attached hydrogens (primary N) is 1. The predicted molar refractivity (Wildman–Crippen MR) is 84.6 cm³/mol. The van der Waals surface area contributed by atoms with Crippen LogP contribution in [0.5, 0.6) is 0 Å². The molecule has 0 saturated carbocycles. The van der Waals surface area contributed by atoms with Gasteiger partial charge in [-0.25, -0.2) is 5.10 Å². The summed E-state index contributed by atoms with van der Waals surface area (Å²) in [5, 5.41) is 6.92. The Bertz CT molecular complexity index is 585. The van der Waals surface area contributed by atoms with Gasteiger partial charge in [-0.15, -0.1) is 16.4 Å². The van der Waals surface area contributed by atoms with Crippen molar-refractivity contribution in [2.24, 2.45) is 0 Å². The van der Waals surface area contributed by atoms with Crippen LogP contribution in [-0.2, 0) is 11.3 Å². The highest BCUT2D eigenvalue weighted by Gasteiger charge is 2.14. The zero-order chi connectivity index (χ0) is 14.5. The number of amides is 1. The molecule has 0 spiro atoms. The van der Waals surface area contributed by atoms with Crippen molar-refractivity contribution < 1.29 is 4.79 Å². The van der Waals surface area contributed by atoms with E-state index in [-0.39, 0.29) is 11.9 Å². The summed E-state index contributed by atoms with van der Waals surface area (Å²) < 4.78 is 1.07. The molecule has 2 rings (SSSR count). The van der Waals surface area contributed by atoms with Crippen molar-refractivity contribution in [1.82, 2.24) is 20.1 Å². The molecule has 0 fully saturated rings. The predicted octanol–water partition coefficient (Wildman–Crippen LogP) is 2.35. The molecule has 0 unspecified atom stereocenters. The number of hydrogen-bond acceptors (Lipinski definition) is 6. The molecule has 6 nitrogen and oxygen atoms in total. The van der Waals surface area contributed by atoms with Gasteiger partial charge in [0, 0.05) is 11.4 Å². The number of nitrogens with one attached hydrogen (secondary N) is 1. The molecular weight excluding hydrogens is 362 g/mol. The first-order chi connectivity index (χ1) is 9.58. The van der Waals surface area contributed by atoms with Gasteiger partial charge in [-0.1, -0.05) is 11.8 Å². The molecule has 0 aliphatic heterocycles. The molecule has 3 N–H and O–H groups in total. The fraction of sp³-hybridized carbons (Fsp3) is 0.364. The van der Waals surface area contributed by atoms with Crippen LogP contribution in [0, 0.1) is 0 Å². The van der Waals surface area contributed by atoms with Crippen molar-refractivity contribution in [3.05, 3.63) is 20.8 Å². The molecule has 0 radical (unpaired) electrons. The second-order valence-electron chi connectivity index (χ2n) is 3.91. The van der Waals surface area contributed by atoms with Crippen molar-refractivity contribution in [2.75, 3.05) is 18.0 Å². The van der Waals surface area contributed by atoms with Gasteiger partial charge in [0.05, 0.1) is 16.1 Å². The van der Waals surface area contributed by atoms with Crippen molar-refractivity contribution in [3.63, 3.8) is 0 Å². The van der Waals surface area contributed by atoms with E-state index in [1.807, 2.05) is 19.1 Å². The molecule has 1 amide bonds. The van der Waals surface area contributed by atoms with E-state index in [2.05, 4.69) is 31.1 Å². The summed E-state index contributed by atoms with van der Waals surface area (Å²) in [5.74, 6) is 0.624. The summed E-state index contributed by atoms with van der Waals surface area (Å²) in [4.78, 5) is 19.1. The van der Waals surface area contributed by atoms with Gasteiger partial charge in [0.25, 0.3) is 0 Å². The molecule has 20 heavy (non-hydrogen) atoms. The topological polar surface area (TPSA) is 87.9 Å². The van der Waals surface area contributed by atoms with Crippen LogP contribution in [0.2, 0.25) is 0 Å². The highest BCUT2D eigenvalue weighted by atomic mass is 79.9. The van der Waals surface area contributed by atoms with Gasteiger partial charge in [0.2, 0.25) is 17.0 Å². The van der Waals surface area contributed by atoms with Crippen LogP contribution in [0.4, 0.5) is 5.95 Å². The Morgan fingerprint density at radius 1 is 1.60 bits per heavy atom. The first-order valence-electron chi connectivity index (χ1n) is 5.91. The lowest BCUT2D eigenvalue weighted by Crippen LogP contribution is -2.31. The summed E-state index contributed by atoms with van der Waals surface area (Å²) >= 11 is 6.34. The van der Waals surface area contributed by atoms with Crippen molar-refractivity contribution >= 4 is 50.9 Å². The minimum atomic E-state index is 0.0605. The largest absolute Gasteiger partial charge is 0.368 e. The number of hydrogen-bond donors (Lipinski definition) is 2. The van der Waals surface area contributed by atoms with Gasteiger partial charge in [0.15, 0.2) is 0 Å². The lowest BCUT2D eigenvalue weighted by atomic mass is 10.4. The zero-order valence-electron chi connectivity index (χ0n) is 10.8. The minimum Gasteiger partial charge on any atom is -0.368 e. The molecule has 2 heterocycles. The molecule has 2 aromatic heterocycles. The SMILES string of the molecule is CCN(Cc1ccc(Br)s1)C(=O)CSc1n[nH]c(N)n1. The van der Waals surface area contributed by atoms with Crippen LogP contribution in [0.3, 0.4) is 0 Å². The summed E-state index contributed by atoms with van der Waals surface area (Å²) in [7, 11) is 0. The Balaban J connectivity index is 1.88. The van der Waals surface area contributed by atoms with Gasteiger partial charge >= 0.3 is 0 Å². The smallest absolute Gasteiger partial charge is 0.233 e. The van der Waals surface area contributed by atoms with Crippen LogP contribution in [0.25, 0.3) is 0 Å². The second kappa shape index (κ2) is 7.09. The Morgan fingerprint density at radius 3 is 2.95 bits per heavy atom. The molecule has 0 aliphatic rings. The number of halogens is 1. The normalized spacial score (nSPS) is 10.7. The van der Waals surface area contributed by atoms with Crippen LogP contribution in [0.15, 0.2) is 21.1 Å². The lowest BCUT2D eigenvalue weighted by Gasteiger charge is -2.19. The highest BCUT2D eigenvalue weighted by molar-refractivity contribution is 9.11. The zero-order valence-corrected chi connectivity index (χ0v) is 14.0. The Hall–Kier alpha value is -1.06. The molecule has 9 heteroatoms. The first-order valence-corrected chi connectivity index (χ1v) is 8.50. The van der Waals surface area contributed by atoms with E-state index in [1.165, 1.54) is 11.8 Å². The Kier molecular flexibility index (Phi) is 5.44. The number of aromatic amines is 1. The fourth-order valence-corrected chi connectivity index (χ4v) is 3.75. The van der Waals surface area contributed by atoms with E-state index in [0.717, 1.165) is 8.66 Å². The number of H-pyrrole nitrogens is 1. The number of carbonyl (C=O) groups excluding carboxylic acids is 1. The molecule has 0 atom stereocenters. The first kappa shape index (κ1) is 15.3. The summed E-state index contributed by atoms with van der Waals surface area (Å²) in [6.45, 7) is 3.27. The van der Waals surface area contributed by atoms with Crippen LogP contribution in [-0.4, -0.2) is 38.3 Å². The molecule has 2 aromatic rings. The third-order valence-corrected chi connectivity index (χ3v) is 4.96. The third-order valence-electron chi connectivity index (χ3n) is 2.52. The van der Waals surface area contributed by atoms with Gasteiger partial charge in [0.1, 0.15) is 0 Å². The van der Waals surface area contributed by atoms with Crippen molar-refractivity contribution in [2.45, 2.75) is 18.6 Å². The maximum atomic E-state index is 12.2. The number of nitrogens with zero attached hydrogens (tertiary/aromatic N) is 3. The number of nitrogen functional groups attached to an aromatic ring is 1. The van der Waals surface area contributed by atoms with Crippen LogP contribution >= 0.6 is 39.0 Å². The number of carbonyl (C=O) groups is 1. The van der Waals surface area contributed by atoms with E-state index in [9.17, 15) is 4.79 Å². The van der Waals surface area contributed by atoms with E-state index in [4.69, 9.17) is 5.73 Å². The number of thioether (sulfide) groups is 1. The number of anilines is 1. The molecular formula is C11H14BrN5OS2. The average molecular weight is 376 g/mol. The van der Waals surface area contributed by atoms with Crippen LogP contribution < -0.4 is 5.73 Å². The third kappa shape index (κ3) is 4.22. The molecule has 0 bridgehead atoms. The summed E-state index contributed by atoms with van der Waals surface area (Å²) in [6, 6.07) is 4.01. The lowest BCUT2D eigenvalue weighted by molar-refractivity contribution is -0.128. The fourth-order valence-electron chi connectivity index (χ4n) is 1.54. The van der Waals surface area contributed by atoms with Gasteiger partial charge in [-0.3, -0.25) is 4.79 Å². The Morgan fingerprint density at radius 2 is 2.40 bits per heavy atom. The van der Waals surface area contributed by atoms with Gasteiger partial charge in [-0.05, 0) is 35.0 Å². The maximum absolute atomic E-state index is 12.2. The number of thiophene rings is 1. The molecule has 108 valence electrons. The standard InChI is InChI=1S/C11H14BrN5OS2/c1-2-17(5-7-3-4-8(12)20-7)9(18)6-19-11-14-10(13)15-16-11/h3-4H,2,5-6H2,1H3,(H3,13,14,15,16). The quantitative estimate of drug-likeness (QED) is 0.756.